The van der Waals surface area contributed by atoms with E-state index < -0.39 is 0 Å². The molecule has 0 saturated heterocycles. The molecule has 106 valence electrons. The Morgan fingerprint density at radius 3 is 2.95 bits per heavy atom. The zero-order valence-electron chi connectivity index (χ0n) is 10.6. The monoisotopic (exact) mass is 287 g/mol. The van der Waals surface area contributed by atoms with Gasteiger partial charge in [-0.15, -0.1) is 11.3 Å². The quantitative estimate of drug-likeness (QED) is 0.594. The third kappa shape index (κ3) is 6.27. The van der Waals surface area contributed by atoms with E-state index >= 15 is 0 Å². The molecule has 8 heteroatoms. The first-order valence-electron chi connectivity index (χ1n) is 5.83. The van der Waals surface area contributed by atoms with Crippen LogP contribution in [0.1, 0.15) is 23.8 Å². The number of carbonyl (C=O) groups is 2. The standard InChI is InChI=1S/C11H17N3O4S/c1-8(16)13-11-14-9(7-19-11)10(17)12-3-2-5-18-6-4-15/h7,15H,2-6H2,1H3,(H,12,17)(H,13,14,16). The Labute approximate surface area is 115 Å². The lowest BCUT2D eigenvalue weighted by molar-refractivity contribution is -0.114. The molecule has 1 heterocycles. The number of aliphatic hydroxyl groups excluding tert-OH is 1. The molecular formula is C11H17N3O4S. The molecule has 0 saturated carbocycles. The minimum atomic E-state index is -0.282. The molecule has 0 radical (unpaired) electrons. The minimum absolute atomic E-state index is 0.00287. The number of nitrogens with one attached hydrogen (secondary N) is 2. The summed E-state index contributed by atoms with van der Waals surface area (Å²) >= 11 is 1.20. The molecule has 3 N–H and O–H groups in total. The molecule has 19 heavy (non-hydrogen) atoms. The van der Waals surface area contributed by atoms with E-state index in [1.807, 2.05) is 0 Å². The lowest BCUT2D eigenvalue weighted by atomic mass is 10.4. The van der Waals surface area contributed by atoms with Gasteiger partial charge in [0.15, 0.2) is 5.13 Å². The summed E-state index contributed by atoms with van der Waals surface area (Å²) in [5.41, 5.74) is 0.282. The Morgan fingerprint density at radius 2 is 2.26 bits per heavy atom. The fourth-order valence-electron chi connectivity index (χ4n) is 1.22. The molecule has 2 amide bonds. The van der Waals surface area contributed by atoms with E-state index in [9.17, 15) is 9.59 Å². The molecular weight excluding hydrogens is 270 g/mol. The number of hydrogen-bond donors (Lipinski definition) is 3. The van der Waals surface area contributed by atoms with E-state index in [-0.39, 0.29) is 24.1 Å². The molecule has 0 fully saturated rings. The van der Waals surface area contributed by atoms with E-state index in [1.165, 1.54) is 18.3 Å². The number of anilines is 1. The van der Waals surface area contributed by atoms with E-state index in [2.05, 4.69) is 15.6 Å². The number of carbonyl (C=O) groups excluding carboxylic acids is 2. The van der Waals surface area contributed by atoms with Crippen LogP contribution in [-0.4, -0.2) is 48.3 Å². The zero-order chi connectivity index (χ0) is 14.1. The SMILES string of the molecule is CC(=O)Nc1nc(C(=O)NCCCOCCO)cs1. The predicted molar refractivity (Wildman–Crippen MR) is 71.3 cm³/mol. The summed E-state index contributed by atoms with van der Waals surface area (Å²) in [6.45, 7) is 2.64. The van der Waals surface area contributed by atoms with Gasteiger partial charge in [-0.3, -0.25) is 9.59 Å². The third-order valence-electron chi connectivity index (χ3n) is 2.01. The van der Waals surface area contributed by atoms with Crippen molar-refractivity contribution in [3.05, 3.63) is 11.1 Å². The van der Waals surface area contributed by atoms with Crippen molar-refractivity contribution in [2.45, 2.75) is 13.3 Å². The molecule has 0 atom stereocenters. The van der Waals surface area contributed by atoms with Crippen LogP contribution in [0.4, 0.5) is 5.13 Å². The Bertz CT molecular complexity index is 422. The fourth-order valence-corrected chi connectivity index (χ4v) is 1.96. The lowest BCUT2D eigenvalue weighted by Crippen LogP contribution is -2.25. The van der Waals surface area contributed by atoms with Crippen molar-refractivity contribution >= 4 is 28.3 Å². The number of nitrogens with zero attached hydrogens (tertiary/aromatic N) is 1. The highest BCUT2D eigenvalue weighted by Crippen LogP contribution is 2.14. The molecule has 7 nitrogen and oxygen atoms in total. The molecule has 1 aromatic heterocycles. The van der Waals surface area contributed by atoms with Gasteiger partial charge in [-0.05, 0) is 6.42 Å². The maximum Gasteiger partial charge on any atom is 0.270 e. The fraction of sp³-hybridized carbons (Fsp3) is 0.545. The summed E-state index contributed by atoms with van der Waals surface area (Å²) in [6, 6.07) is 0. The van der Waals surface area contributed by atoms with Crippen molar-refractivity contribution < 1.29 is 19.4 Å². The molecule has 0 aromatic carbocycles. The van der Waals surface area contributed by atoms with Crippen LogP contribution in [0.3, 0.4) is 0 Å². The zero-order valence-corrected chi connectivity index (χ0v) is 11.5. The van der Waals surface area contributed by atoms with Gasteiger partial charge < -0.3 is 20.5 Å². The molecule has 0 aliphatic rings. The van der Waals surface area contributed by atoms with E-state index in [4.69, 9.17) is 9.84 Å². The van der Waals surface area contributed by atoms with Crippen LogP contribution in [0, 0.1) is 0 Å². The highest BCUT2D eigenvalue weighted by Gasteiger charge is 2.10. The van der Waals surface area contributed by atoms with Gasteiger partial charge >= 0.3 is 0 Å². The summed E-state index contributed by atoms with van der Waals surface area (Å²) < 4.78 is 5.06. The van der Waals surface area contributed by atoms with Crippen LogP contribution in [0.15, 0.2) is 5.38 Å². The maximum atomic E-state index is 11.7. The van der Waals surface area contributed by atoms with Gasteiger partial charge in [0, 0.05) is 25.5 Å². The van der Waals surface area contributed by atoms with Crippen molar-refractivity contribution in [1.29, 1.82) is 0 Å². The maximum absolute atomic E-state index is 11.7. The van der Waals surface area contributed by atoms with Crippen molar-refractivity contribution in [2.75, 3.05) is 31.7 Å². The molecule has 1 aromatic rings. The average Bonchev–Trinajstić information content (AvgIpc) is 2.81. The second-order valence-corrected chi connectivity index (χ2v) is 4.52. The number of aromatic nitrogens is 1. The Kier molecular flexibility index (Phi) is 7.01. The predicted octanol–water partition coefficient (Wildman–Crippen LogP) is 0.230. The number of hydrogen-bond acceptors (Lipinski definition) is 6. The first-order chi connectivity index (χ1) is 9.13. The second-order valence-electron chi connectivity index (χ2n) is 3.66. The van der Waals surface area contributed by atoms with Gasteiger partial charge in [0.2, 0.25) is 5.91 Å². The molecule has 0 unspecified atom stereocenters. The largest absolute Gasteiger partial charge is 0.394 e. The number of amides is 2. The van der Waals surface area contributed by atoms with Gasteiger partial charge in [0.25, 0.3) is 5.91 Å². The Hall–Kier alpha value is -1.51. The number of aliphatic hydroxyl groups is 1. The first-order valence-corrected chi connectivity index (χ1v) is 6.71. The van der Waals surface area contributed by atoms with Crippen molar-refractivity contribution in [2.24, 2.45) is 0 Å². The van der Waals surface area contributed by atoms with Crippen LogP contribution < -0.4 is 10.6 Å². The van der Waals surface area contributed by atoms with Crippen molar-refractivity contribution in [1.82, 2.24) is 10.3 Å². The van der Waals surface area contributed by atoms with Crippen LogP contribution in [0.25, 0.3) is 0 Å². The van der Waals surface area contributed by atoms with Gasteiger partial charge in [-0.2, -0.15) is 0 Å². The van der Waals surface area contributed by atoms with Crippen molar-refractivity contribution in [3.63, 3.8) is 0 Å². The highest BCUT2D eigenvalue weighted by molar-refractivity contribution is 7.14. The van der Waals surface area contributed by atoms with Gasteiger partial charge in [0.05, 0.1) is 13.2 Å². The summed E-state index contributed by atoms with van der Waals surface area (Å²) in [7, 11) is 0. The van der Waals surface area contributed by atoms with Gasteiger partial charge in [-0.25, -0.2) is 4.98 Å². The van der Waals surface area contributed by atoms with Gasteiger partial charge in [0.1, 0.15) is 5.69 Å². The number of thiazole rings is 1. The Morgan fingerprint density at radius 1 is 1.47 bits per heavy atom. The Balaban J connectivity index is 2.25. The third-order valence-corrected chi connectivity index (χ3v) is 2.76. The highest BCUT2D eigenvalue weighted by atomic mass is 32.1. The molecule has 0 spiro atoms. The topological polar surface area (TPSA) is 101 Å². The molecule has 0 aliphatic heterocycles. The van der Waals surface area contributed by atoms with Crippen molar-refractivity contribution in [3.8, 4) is 0 Å². The average molecular weight is 287 g/mol. The molecule has 1 rings (SSSR count). The summed E-state index contributed by atoms with van der Waals surface area (Å²) in [6.07, 6.45) is 0.661. The number of rotatable bonds is 8. The lowest BCUT2D eigenvalue weighted by Gasteiger charge is -2.03. The smallest absolute Gasteiger partial charge is 0.270 e. The molecule has 0 bridgehead atoms. The van der Waals surface area contributed by atoms with Crippen LogP contribution in [0.5, 0.6) is 0 Å². The number of ether oxygens (including phenoxy) is 1. The van der Waals surface area contributed by atoms with Crippen LogP contribution in [0.2, 0.25) is 0 Å². The normalized spacial score (nSPS) is 10.2. The van der Waals surface area contributed by atoms with E-state index in [0.29, 0.717) is 31.3 Å². The summed E-state index contributed by atoms with van der Waals surface area (Å²) in [5.74, 6) is -0.502. The summed E-state index contributed by atoms with van der Waals surface area (Å²) in [4.78, 5) is 26.5. The summed E-state index contributed by atoms with van der Waals surface area (Å²) in [5, 5.41) is 15.7. The van der Waals surface area contributed by atoms with Gasteiger partial charge in [-0.1, -0.05) is 0 Å². The van der Waals surface area contributed by atoms with E-state index in [1.54, 1.807) is 5.38 Å². The van der Waals surface area contributed by atoms with Crippen LogP contribution >= 0.6 is 11.3 Å². The molecule has 0 aliphatic carbocycles. The minimum Gasteiger partial charge on any atom is -0.394 e. The first kappa shape index (κ1) is 15.5. The second kappa shape index (κ2) is 8.57. The van der Waals surface area contributed by atoms with Crippen LogP contribution in [-0.2, 0) is 9.53 Å². The van der Waals surface area contributed by atoms with E-state index in [0.717, 1.165) is 0 Å².